The Kier molecular flexibility index (Phi) is 4.96. The topological polar surface area (TPSA) is 37.6 Å². The van der Waals surface area contributed by atoms with E-state index in [-0.39, 0.29) is 11.7 Å². The third-order valence-electron chi connectivity index (χ3n) is 4.69. The molecule has 0 unspecified atom stereocenters. The van der Waals surface area contributed by atoms with Crippen molar-refractivity contribution in [1.82, 2.24) is 9.38 Å². The Morgan fingerprint density at radius 3 is 2.71 bits per heavy atom. The number of aromatic nitrogens is 2. The van der Waals surface area contributed by atoms with E-state index in [0.29, 0.717) is 13.0 Å². The van der Waals surface area contributed by atoms with E-state index in [1.54, 1.807) is 17.0 Å². The minimum atomic E-state index is -0.271. The second-order valence-corrected chi connectivity index (χ2v) is 7.50. The van der Waals surface area contributed by atoms with Gasteiger partial charge in [0.1, 0.15) is 5.82 Å². The van der Waals surface area contributed by atoms with Crippen molar-refractivity contribution in [2.45, 2.75) is 20.3 Å². The smallest absolute Gasteiger partial charge is 0.232 e. The summed E-state index contributed by atoms with van der Waals surface area (Å²) in [6, 6.07) is 14.2. The molecule has 4 aromatic rings. The van der Waals surface area contributed by atoms with Crippen LogP contribution in [0.3, 0.4) is 0 Å². The predicted molar refractivity (Wildman–Crippen MR) is 111 cm³/mol. The fraction of sp³-hybridized carbons (Fsp3) is 0.182. The van der Waals surface area contributed by atoms with Crippen molar-refractivity contribution >= 4 is 27.9 Å². The van der Waals surface area contributed by atoms with Gasteiger partial charge in [0.05, 0.1) is 12.1 Å². The number of amides is 1. The normalized spacial score (nSPS) is 11.1. The molecule has 2 heterocycles. The molecule has 142 valence electrons. The summed E-state index contributed by atoms with van der Waals surface area (Å²) in [5.74, 6) is -0.225. The lowest BCUT2D eigenvalue weighted by Gasteiger charge is -2.21. The molecule has 0 saturated carbocycles. The Labute approximate surface area is 166 Å². The number of halogens is 1. The molecule has 0 bridgehead atoms. The molecule has 0 aliphatic carbocycles. The lowest BCUT2D eigenvalue weighted by atomic mass is 10.2. The van der Waals surface area contributed by atoms with Gasteiger partial charge >= 0.3 is 0 Å². The fourth-order valence-electron chi connectivity index (χ4n) is 3.27. The SMILES string of the molecule is CCN(C(=O)Cc1csc2nc(-c3ccc(F)cc3)cn12)c1cccc(C)c1. The Hall–Kier alpha value is -2.99. The highest BCUT2D eigenvalue weighted by Gasteiger charge is 2.18. The first-order valence-electron chi connectivity index (χ1n) is 9.13. The molecule has 6 heteroatoms. The number of fused-ring (bicyclic) bond motifs is 1. The van der Waals surface area contributed by atoms with E-state index in [1.807, 2.05) is 54.1 Å². The molecule has 0 aliphatic rings. The molecule has 4 rings (SSSR count). The van der Waals surface area contributed by atoms with E-state index in [9.17, 15) is 9.18 Å². The zero-order valence-electron chi connectivity index (χ0n) is 15.7. The van der Waals surface area contributed by atoms with Gasteiger partial charge in [0.2, 0.25) is 5.91 Å². The van der Waals surface area contributed by atoms with Crippen LogP contribution in [0.25, 0.3) is 16.2 Å². The van der Waals surface area contributed by atoms with Gasteiger partial charge in [0.15, 0.2) is 4.96 Å². The fourth-order valence-corrected chi connectivity index (χ4v) is 4.14. The molecule has 0 radical (unpaired) electrons. The van der Waals surface area contributed by atoms with E-state index in [0.717, 1.165) is 33.2 Å². The Morgan fingerprint density at radius 1 is 1.21 bits per heavy atom. The van der Waals surface area contributed by atoms with Crippen molar-refractivity contribution < 1.29 is 9.18 Å². The molecule has 0 atom stereocenters. The highest BCUT2D eigenvalue weighted by atomic mass is 32.1. The number of imidazole rings is 1. The van der Waals surface area contributed by atoms with Crippen LogP contribution in [0.5, 0.6) is 0 Å². The summed E-state index contributed by atoms with van der Waals surface area (Å²) >= 11 is 1.50. The van der Waals surface area contributed by atoms with Crippen molar-refractivity contribution in [2.75, 3.05) is 11.4 Å². The van der Waals surface area contributed by atoms with E-state index in [1.165, 1.54) is 23.5 Å². The van der Waals surface area contributed by atoms with Crippen molar-refractivity contribution in [2.24, 2.45) is 0 Å². The molecular weight excluding hydrogens is 373 g/mol. The second-order valence-electron chi connectivity index (χ2n) is 6.67. The van der Waals surface area contributed by atoms with Crippen LogP contribution in [0.1, 0.15) is 18.2 Å². The minimum absolute atomic E-state index is 0.0461. The molecule has 0 spiro atoms. The number of carbonyl (C=O) groups excluding carboxylic acids is 1. The van der Waals surface area contributed by atoms with Crippen molar-refractivity contribution in [3.05, 3.63) is 77.2 Å². The quantitative estimate of drug-likeness (QED) is 0.473. The number of nitrogens with zero attached hydrogens (tertiary/aromatic N) is 3. The van der Waals surface area contributed by atoms with Gasteiger partial charge in [0.25, 0.3) is 0 Å². The molecule has 0 saturated heterocycles. The van der Waals surface area contributed by atoms with Crippen molar-refractivity contribution in [3.8, 4) is 11.3 Å². The Bertz CT molecular complexity index is 1130. The van der Waals surface area contributed by atoms with Crippen LogP contribution in [0.2, 0.25) is 0 Å². The highest BCUT2D eigenvalue weighted by Crippen LogP contribution is 2.25. The van der Waals surface area contributed by atoms with Gasteiger partial charge in [-0.25, -0.2) is 9.37 Å². The third kappa shape index (κ3) is 3.55. The van der Waals surface area contributed by atoms with Gasteiger partial charge in [-0.05, 0) is 55.8 Å². The van der Waals surface area contributed by atoms with Crippen molar-refractivity contribution in [3.63, 3.8) is 0 Å². The van der Waals surface area contributed by atoms with Crippen molar-refractivity contribution in [1.29, 1.82) is 0 Å². The highest BCUT2D eigenvalue weighted by molar-refractivity contribution is 7.15. The first kappa shape index (κ1) is 18.4. The van der Waals surface area contributed by atoms with Crippen LogP contribution < -0.4 is 4.90 Å². The summed E-state index contributed by atoms with van der Waals surface area (Å²) in [4.78, 5) is 20.2. The van der Waals surface area contributed by atoms with Crippen LogP contribution in [0.4, 0.5) is 10.1 Å². The molecule has 0 aliphatic heterocycles. The third-order valence-corrected chi connectivity index (χ3v) is 5.58. The molecular formula is C22H20FN3OS. The summed E-state index contributed by atoms with van der Waals surface area (Å²) in [5, 5.41) is 1.97. The number of hydrogen-bond acceptors (Lipinski definition) is 3. The zero-order chi connectivity index (χ0) is 19.7. The van der Waals surface area contributed by atoms with Gasteiger partial charge in [-0.1, -0.05) is 12.1 Å². The molecule has 2 aromatic carbocycles. The Morgan fingerprint density at radius 2 is 2.00 bits per heavy atom. The number of benzene rings is 2. The van der Waals surface area contributed by atoms with Crippen LogP contribution in [0, 0.1) is 12.7 Å². The maximum atomic E-state index is 13.2. The van der Waals surface area contributed by atoms with E-state index < -0.39 is 0 Å². The average molecular weight is 393 g/mol. The Balaban J connectivity index is 1.60. The van der Waals surface area contributed by atoms with Gasteiger partial charge < -0.3 is 4.90 Å². The van der Waals surface area contributed by atoms with Crippen LogP contribution in [-0.2, 0) is 11.2 Å². The molecule has 28 heavy (non-hydrogen) atoms. The summed E-state index contributed by atoms with van der Waals surface area (Å²) < 4.78 is 15.1. The van der Waals surface area contributed by atoms with E-state index >= 15 is 0 Å². The molecule has 4 nitrogen and oxygen atoms in total. The van der Waals surface area contributed by atoms with Gasteiger partial charge in [0, 0.05) is 35.1 Å². The van der Waals surface area contributed by atoms with Gasteiger partial charge in [-0.2, -0.15) is 0 Å². The zero-order valence-corrected chi connectivity index (χ0v) is 16.5. The van der Waals surface area contributed by atoms with Crippen LogP contribution >= 0.6 is 11.3 Å². The molecule has 0 fully saturated rings. The number of likely N-dealkylation sites (N-methyl/N-ethyl adjacent to an activating group) is 1. The number of aryl methyl sites for hydroxylation is 1. The summed E-state index contributed by atoms with van der Waals surface area (Å²) in [7, 11) is 0. The molecule has 1 amide bonds. The molecule has 0 N–H and O–H groups in total. The lowest BCUT2D eigenvalue weighted by Crippen LogP contribution is -2.32. The van der Waals surface area contributed by atoms with Gasteiger partial charge in [-0.3, -0.25) is 9.20 Å². The predicted octanol–water partition coefficient (Wildman–Crippen LogP) is 5.11. The summed E-state index contributed by atoms with van der Waals surface area (Å²) in [6.07, 6.45) is 2.20. The number of hydrogen-bond donors (Lipinski definition) is 0. The molecule has 2 aromatic heterocycles. The number of thiazole rings is 1. The van der Waals surface area contributed by atoms with Crippen LogP contribution in [-0.4, -0.2) is 21.8 Å². The maximum absolute atomic E-state index is 13.2. The largest absolute Gasteiger partial charge is 0.312 e. The van der Waals surface area contributed by atoms with E-state index in [2.05, 4.69) is 4.98 Å². The second kappa shape index (κ2) is 7.56. The number of rotatable bonds is 5. The van der Waals surface area contributed by atoms with Crippen LogP contribution in [0.15, 0.2) is 60.1 Å². The minimum Gasteiger partial charge on any atom is -0.312 e. The standard InChI is InChI=1S/C22H20FN3OS/c1-3-25(18-6-4-5-15(2)11-18)21(27)12-19-14-28-22-24-20(13-26(19)22)16-7-9-17(23)10-8-16/h4-11,13-14H,3,12H2,1-2H3. The number of anilines is 1. The summed E-state index contributed by atoms with van der Waals surface area (Å²) in [6.45, 7) is 4.61. The number of carbonyl (C=O) groups is 1. The average Bonchev–Trinajstić information content (AvgIpc) is 3.25. The van der Waals surface area contributed by atoms with Gasteiger partial charge in [-0.15, -0.1) is 11.3 Å². The first-order valence-corrected chi connectivity index (χ1v) is 10.0. The summed E-state index contributed by atoms with van der Waals surface area (Å²) in [5.41, 5.74) is 4.56. The first-order chi connectivity index (χ1) is 13.5. The monoisotopic (exact) mass is 393 g/mol. The lowest BCUT2D eigenvalue weighted by molar-refractivity contribution is -0.118. The maximum Gasteiger partial charge on any atom is 0.232 e. The van der Waals surface area contributed by atoms with E-state index in [4.69, 9.17) is 0 Å².